The van der Waals surface area contributed by atoms with Crippen LogP contribution in [0.2, 0.25) is 0 Å². The normalized spacial score (nSPS) is 22.6. The first-order chi connectivity index (χ1) is 24.9. The number of hydrogen-bond donors (Lipinski definition) is 0. The summed E-state index contributed by atoms with van der Waals surface area (Å²) in [6, 6.07) is 31.3. The van der Waals surface area contributed by atoms with Crippen LogP contribution in [0, 0.1) is 23.7 Å². The molecule has 3 aromatic rings. The predicted octanol–water partition coefficient (Wildman–Crippen LogP) is 4.71. The van der Waals surface area contributed by atoms with E-state index in [1.807, 2.05) is 30.4 Å². The summed E-state index contributed by atoms with van der Waals surface area (Å²) in [7, 11) is 0. The van der Waals surface area contributed by atoms with Crippen LogP contribution in [0.5, 0.6) is 0 Å². The molecule has 51 heavy (non-hydrogen) atoms. The maximum atomic E-state index is 13.0. The van der Waals surface area contributed by atoms with E-state index >= 15 is 0 Å². The Kier molecular flexibility index (Phi) is 9.99. The van der Waals surface area contributed by atoms with Gasteiger partial charge in [0, 0.05) is 39.0 Å². The van der Waals surface area contributed by atoms with Crippen molar-refractivity contribution in [1.82, 2.24) is 14.9 Å². The van der Waals surface area contributed by atoms with Crippen molar-refractivity contribution in [1.29, 1.82) is 0 Å². The highest BCUT2D eigenvalue weighted by Crippen LogP contribution is 2.52. The zero-order valence-electron chi connectivity index (χ0n) is 28.3. The highest BCUT2D eigenvalue weighted by Gasteiger charge is 2.60. The molecule has 4 atom stereocenters. The number of esters is 1. The smallest absolute Gasteiger partial charge is 0.409 e. The number of amides is 3. The Bertz CT molecular complexity index is 1650. The minimum absolute atomic E-state index is 0.0180. The van der Waals surface area contributed by atoms with Gasteiger partial charge in [0.1, 0.15) is 13.2 Å². The number of allylic oxidation sites excluding steroid dienone is 2. The molecular formula is C40H41N3O8. The second-order valence-corrected chi connectivity index (χ2v) is 13.4. The van der Waals surface area contributed by atoms with Crippen molar-refractivity contribution in [3.05, 3.63) is 120 Å². The Morgan fingerprint density at radius 2 is 1.10 bits per heavy atom. The van der Waals surface area contributed by atoms with Crippen LogP contribution in [0.1, 0.15) is 42.4 Å². The van der Waals surface area contributed by atoms with E-state index in [0.29, 0.717) is 31.2 Å². The molecule has 264 valence electrons. The molecule has 2 aliphatic heterocycles. The molecule has 11 heteroatoms. The minimum atomic E-state index is -0.757. The number of benzene rings is 3. The number of imide groups is 1. The maximum Gasteiger partial charge on any atom is 0.409 e. The molecule has 3 amide bonds. The highest BCUT2D eigenvalue weighted by atomic mass is 16.7. The van der Waals surface area contributed by atoms with Crippen LogP contribution in [-0.4, -0.2) is 84.1 Å². The third-order valence-electron chi connectivity index (χ3n) is 10.5. The first kappa shape index (κ1) is 34.2. The van der Waals surface area contributed by atoms with Crippen molar-refractivity contribution in [3.63, 3.8) is 0 Å². The van der Waals surface area contributed by atoms with Gasteiger partial charge in [0.25, 0.3) is 11.8 Å². The Morgan fingerprint density at radius 1 is 0.627 bits per heavy atom. The molecule has 0 N–H and O–H groups in total. The van der Waals surface area contributed by atoms with Gasteiger partial charge in [-0.1, -0.05) is 103 Å². The fourth-order valence-electron chi connectivity index (χ4n) is 8.25. The number of hydrogen-bond acceptors (Lipinski definition) is 9. The molecule has 2 bridgehead atoms. The van der Waals surface area contributed by atoms with Gasteiger partial charge < -0.3 is 19.2 Å². The maximum absolute atomic E-state index is 13.0. The van der Waals surface area contributed by atoms with Gasteiger partial charge in [0.05, 0.1) is 17.4 Å². The third kappa shape index (κ3) is 6.65. The van der Waals surface area contributed by atoms with Gasteiger partial charge in [0.15, 0.2) is 0 Å². The molecule has 11 nitrogen and oxygen atoms in total. The van der Waals surface area contributed by atoms with E-state index in [1.54, 1.807) is 4.90 Å². The summed E-state index contributed by atoms with van der Waals surface area (Å²) in [6.07, 6.45) is 4.13. The number of carbonyl (C=O) groups excluding carboxylic acids is 5. The number of piperazine rings is 1. The van der Waals surface area contributed by atoms with Crippen LogP contribution in [0.3, 0.4) is 0 Å². The van der Waals surface area contributed by atoms with E-state index in [1.165, 1.54) is 0 Å². The molecule has 4 aliphatic rings. The molecule has 0 aromatic heterocycles. The summed E-state index contributed by atoms with van der Waals surface area (Å²) in [5.41, 5.74) is 2.85. The van der Waals surface area contributed by atoms with Crippen molar-refractivity contribution in [3.8, 4) is 0 Å². The van der Waals surface area contributed by atoms with E-state index < -0.39 is 47.2 Å². The first-order valence-electron chi connectivity index (χ1n) is 17.6. The fraction of sp³-hybridized carbons (Fsp3) is 0.375. The van der Waals surface area contributed by atoms with Gasteiger partial charge in [-0.25, -0.2) is 9.59 Å². The molecule has 2 aliphatic carbocycles. The lowest BCUT2D eigenvalue weighted by Gasteiger charge is -2.48. The van der Waals surface area contributed by atoms with Crippen LogP contribution in [0.4, 0.5) is 4.79 Å². The zero-order chi connectivity index (χ0) is 35.4. The monoisotopic (exact) mass is 691 g/mol. The third-order valence-corrected chi connectivity index (χ3v) is 10.5. The Hall–Kier alpha value is -5.29. The summed E-state index contributed by atoms with van der Waals surface area (Å²) in [6.45, 7) is 1.89. The average Bonchev–Trinajstić information content (AvgIpc) is 3.86. The van der Waals surface area contributed by atoms with Crippen LogP contribution < -0.4 is 0 Å². The molecule has 4 unspecified atom stereocenters. The molecule has 7 rings (SSSR count). The highest BCUT2D eigenvalue weighted by molar-refractivity contribution is 6.06. The van der Waals surface area contributed by atoms with E-state index in [9.17, 15) is 24.0 Å². The number of hydroxylamine groups is 2. The lowest BCUT2D eigenvalue weighted by atomic mass is 9.75. The number of rotatable bonds is 12. The largest absolute Gasteiger partial charge is 0.462 e. The molecular weight excluding hydrogens is 650 g/mol. The number of carbonyl (C=O) groups is 5. The topological polar surface area (TPSA) is 123 Å². The second kappa shape index (κ2) is 14.9. The van der Waals surface area contributed by atoms with Crippen LogP contribution >= 0.6 is 0 Å². The molecule has 3 aromatic carbocycles. The van der Waals surface area contributed by atoms with Crippen LogP contribution in [0.25, 0.3) is 0 Å². The summed E-state index contributed by atoms with van der Waals surface area (Å²) >= 11 is 0. The molecule has 0 spiro atoms. The standard InChI is InChI=1S/C40H41N3O8/c44-33(17-10-18-34(45)51-43-37(46)35-28-19-20-29(27-28)36(35)38(43)47)49-25-26-50-39(48)41-21-23-42(24-22-41)40(30-11-4-1-5-12-30,31-13-6-2-7-14-31)32-15-8-3-9-16-32/h1-9,11-16,19-20,28-29,35-36H,10,17-18,21-27H2. The Balaban J connectivity index is 0.853. The second-order valence-electron chi connectivity index (χ2n) is 13.4. The summed E-state index contributed by atoms with van der Waals surface area (Å²) in [5.74, 6) is -3.12. The van der Waals surface area contributed by atoms with Gasteiger partial charge in [-0.05, 0) is 41.4 Å². The minimum Gasteiger partial charge on any atom is -0.462 e. The Labute approximate surface area is 296 Å². The van der Waals surface area contributed by atoms with Crippen LogP contribution in [0.15, 0.2) is 103 Å². The number of ether oxygens (including phenoxy) is 2. The van der Waals surface area contributed by atoms with Gasteiger partial charge >= 0.3 is 18.0 Å². The van der Waals surface area contributed by atoms with Gasteiger partial charge in [-0.3, -0.25) is 19.3 Å². The molecule has 0 radical (unpaired) electrons. The van der Waals surface area contributed by atoms with Crippen molar-refractivity contribution in [2.24, 2.45) is 23.7 Å². The van der Waals surface area contributed by atoms with Gasteiger partial charge in [-0.2, -0.15) is 0 Å². The summed E-state index contributed by atoms with van der Waals surface area (Å²) in [4.78, 5) is 72.2. The predicted molar refractivity (Wildman–Crippen MR) is 184 cm³/mol. The Morgan fingerprint density at radius 3 is 1.61 bits per heavy atom. The average molecular weight is 692 g/mol. The summed E-state index contributed by atoms with van der Waals surface area (Å²) < 4.78 is 10.6. The fourth-order valence-corrected chi connectivity index (χ4v) is 8.25. The van der Waals surface area contributed by atoms with E-state index in [0.717, 1.165) is 23.1 Å². The van der Waals surface area contributed by atoms with E-state index in [2.05, 4.69) is 77.7 Å². The quantitative estimate of drug-likeness (QED) is 0.0874. The number of fused-ring (bicyclic) bond motifs is 5. The van der Waals surface area contributed by atoms with E-state index in [-0.39, 0.29) is 44.3 Å². The van der Waals surface area contributed by atoms with E-state index in [4.69, 9.17) is 14.3 Å². The van der Waals surface area contributed by atoms with Crippen LogP contribution in [-0.2, 0) is 39.0 Å². The summed E-state index contributed by atoms with van der Waals surface area (Å²) in [5, 5.41) is 0.614. The van der Waals surface area contributed by atoms with Crippen molar-refractivity contribution >= 4 is 29.8 Å². The molecule has 3 fully saturated rings. The molecule has 2 heterocycles. The van der Waals surface area contributed by atoms with Gasteiger partial charge in [-0.15, -0.1) is 5.06 Å². The zero-order valence-corrected chi connectivity index (χ0v) is 28.3. The molecule has 1 saturated carbocycles. The molecule has 2 saturated heterocycles. The van der Waals surface area contributed by atoms with Crippen molar-refractivity contribution in [2.75, 3.05) is 39.4 Å². The lowest BCUT2D eigenvalue weighted by molar-refractivity contribution is -0.199. The SMILES string of the molecule is O=C(CCCC(=O)ON1C(=O)C2C3C=CC(C3)C2C1=O)OCCOC(=O)N1CCN(C(c2ccccc2)(c2ccccc2)c2ccccc2)CC1. The van der Waals surface area contributed by atoms with Crippen molar-refractivity contribution in [2.45, 2.75) is 31.2 Å². The number of nitrogens with zero attached hydrogens (tertiary/aromatic N) is 3. The van der Waals surface area contributed by atoms with Crippen molar-refractivity contribution < 1.29 is 38.3 Å². The first-order valence-corrected chi connectivity index (χ1v) is 17.6. The lowest BCUT2D eigenvalue weighted by Crippen LogP contribution is -2.57. The van der Waals surface area contributed by atoms with Gasteiger partial charge in [0.2, 0.25) is 0 Å².